The average molecular weight is 304 g/mol. The van der Waals surface area contributed by atoms with Gasteiger partial charge in [0.25, 0.3) is 0 Å². The molecule has 0 radical (unpaired) electrons. The van der Waals surface area contributed by atoms with Crippen LogP contribution in [0.4, 0.5) is 0 Å². The summed E-state index contributed by atoms with van der Waals surface area (Å²) < 4.78 is 2.45. The molecule has 0 saturated carbocycles. The molecular formula is C10H9IOS. The Morgan fingerprint density at radius 3 is 2.92 bits per heavy atom. The molecule has 2 aromatic rings. The monoisotopic (exact) mass is 304 g/mol. The van der Waals surface area contributed by atoms with Crippen molar-refractivity contribution >= 4 is 44.0 Å². The fourth-order valence-corrected chi connectivity index (χ4v) is 3.15. The second-order valence-corrected chi connectivity index (χ2v) is 5.09. The van der Waals surface area contributed by atoms with Gasteiger partial charge in [0.1, 0.15) is 0 Å². The summed E-state index contributed by atoms with van der Waals surface area (Å²) in [7, 11) is 0. The summed E-state index contributed by atoms with van der Waals surface area (Å²) >= 11 is 4.03. The van der Waals surface area contributed by atoms with Crippen LogP contribution in [-0.4, -0.2) is 5.11 Å². The van der Waals surface area contributed by atoms with E-state index in [0.717, 1.165) is 9.13 Å². The predicted molar refractivity (Wildman–Crippen MR) is 65.2 cm³/mol. The van der Waals surface area contributed by atoms with Gasteiger partial charge in [0.05, 0.1) is 6.61 Å². The number of hydrogen-bond acceptors (Lipinski definition) is 2. The minimum atomic E-state index is 0.128. The van der Waals surface area contributed by atoms with Gasteiger partial charge in [-0.05, 0) is 63.5 Å². The first-order chi connectivity index (χ1) is 6.22. The molecule has 0 bridgehead atoms. The van der Waals surface area contributed by atoms with Gasteiger partial charge in [-0.2, -0.15) is 0 Å². The maximum Gasteiger partial charge on any atom is 0.0692 e. The lowest BCUT2D eigenvalue weighted by Gasteiger charge is -2.01. The Morgan fingerprint density at radius 2 is 2.23 bits per heavy atom. The molecule has 1 nitrogen and oxygen atoms in total. The highest BCUT2D eigenvalue weighted by Crippen LogP contribution is 2.29. The zero-order chi connectivity index (χ0) is 9.42. The van der Waals surface area contributed by atoms with Crippen molar-refractivity contribution in [3.63, 3.8) is 0 Å². The van der Waals surface area contributed by atoms with Crippen molar-refractivity contribution in [1.82, 2.24) is 0 Å². The highest BCUT2D eigenvalue weighted by atomic mass is 127. The predicted octanol–water partition coefficient (Wildman–Crippen LogP) is 3.31. The van der Waals surface area contributed by atoms with Gasteiger partial charge in [-0.3, -0.25) is 0 Å². The van der Waals surface area contributed by atoms with E-state index in [2.05, 4.69) is 47.0 Å². The molecule has 13 heavy (non-hydrogen) atoms. The van der Waals surface area contributed by atoms with E-state index in [1.54, 1.807) is 11.3 Å². The van der Waals surface area contributed by atoms with Crippen molar-refractivity contribution in [2.45, 2.75) is 13.5 Å². The molecular weight excluding hydrogens is 295 g/mol. The van der Waals surface area contributed by atoms with E-state index in [4.69, 9.17) is 5.11 Å². The molecule has 0 aliphatic rings. The molecule has 0 amide bonds. The van der Waals surface area contributed by atoms with Crippen LogP contribution in [0, 0.1) is 10.5 Å². The third kappa shape index (κ3) is 1.60. The Labute approximate surface area is 94.5 Å². The minimum Gasteiger partial charge on any atom is -0.392 e. The number of aryl methyl sites for hydroxylation is 1. The fourth-order valence-electron chi connectivity index (χ4n) is 1.34. The molecule has 0 aliphatic heterocycles. The highest BCUT2D eigenvalue weighted by Gasteiger charge is 2.04. The maximum absolute atomic E-state index is 9.10. The van der Waals surface area contributed by atoms with Crippen molar-refractivity contribution in [1.29, 1.82) is 0 Å². The Kier molecular flexibility index (Phi) is 2.58. The Bertz CT molecular complexity index is 447. The van der Waals surface area contributed by atoms with Crippen LogP contribution in [-0.2, 0) is 6.61 Å². The normalized spacial score (nSPS) is 11.0. The Balaban J connectivity index is 2.77. The standard InChI is InChI=1S/C10H9IOS/c1-6-5-13-10-3-9(11)7(4-12)2-8(6)10/h2-3,5,12H,4H2,1H3. The number of rotatable bonds is 1. The summed E-state index contributed by atoms with van der Waals surface area (Å²) in [6.07, 6.45) is 0. The van der Waals surface area contributed by atoms with E-state index in [0.29, 0.717) is 0 Å². The van der Waals surface area contributed by atoms with Gasteiger partial charge in [-0.15, -0.1) is 11.3 Å². The second-order valence-electron chi connectivity index (χ2n) is 3.02. The number of aliphatic hydroxyl groups is 1. The van der Waals surface area contributed by atoms with Gasteiger partial charge in [0.2, 0.25) is 0 Å². The number of benzene rings is 1. The Hall–Kier alpha value is -0.130. The summed E-state index contributed by atoms with van der Waals surface area (Å²) in [6, 6.07) is 4.22. The fraction of sp³-hybridized carbons (Fsp3) is 0.200. The lowest BCUT2D eigenvalue weighted by molar-refractivity contribution is 0.281. The third-order valence-corrected chi connectivity index (χ3v) is 4.17. The molecule has 0 atom stereocenters. The smallest absolute Gasteiger partial charge is 0.0692 e. The van der Waals surface area contributed by atoms with E-state index in [1.165, 1.54) is 15.6 Å². The van der Waals surface area contributed by atoms with Crippen LogP contribution in [0.2, 0.25) is 0 Å². The van der Waals surface area contributed by atoms with Crippen LogP contribution < -0.4 is 0 Å². The van der Waals surface area contributed by atoms with E-state index in [-0.39, 0.29) is 6.61 Å². The SMILES string of the molecule is Cc1csc2cc(I)c(CO)cc12. The molecule has 0 saturated heterocycles. The van der Waals surface area contributed by atoms with Gasteiger partial charge in [-0.25, -0.2) is 0 Å². The molecule has 0 fully saturated rings. The van der Waals surface area contributed by atoms with E-state index in [1.807, 2.05) is 0 Å². The van der Waals surface area contributed by atoms with Crippen LogP contribution in [0.5, 0.6) is 0 Å². The number of hydrogen-bond donors (Lipinski definition) is 1. The zero-order valence-electron chi connectivity index (χ0n) is 7.17. The van der Waals surface area contributed by atoms with Crippen LogP contribution in [0.25, 0.3) is 10.1 Å². The maximum atomic E-state index is 9.10. The first kappa shape index (κ1) is 9.43. The summed E-state index contributed by atoms with van der Waals surface area (Å²) in [5.74, 6) is 0. The van der Waals surface area contributed by atoms with Crippen LogP contribution in [0.15, 0.2) is 17.5 Å². The van der Waals surface area contributed by atoms with Crippen molar-refractivity contribution < 1.29 is 5.11 Å². The largest absolute Gasteiger partial charge is 0.392 e. The van der Waals surface area contributed by atoms with Crippen molar-refractivity contribution in [3.05, 3.63) is 32.2 Å². The average Bonchev–Trinajstić information content (AvgIpc) is 2.46. The number of aliphatic hydroxyl groups excluding tert-OH is 1. The number of fused-ring (bicyclic) bond motifs is 1. The third-order valence-electron chi connectivity index (χ3n) is 2.11. The van der Waals surface area contributed by atoms with Crippen LogP contribution in [0.3, 0.4) is 0 Å². The van der Waals surface area contributed by atoms with Crippen LogP contribution in [0.1, 0.15) is 11.1 Å². The minimum absolute atomic E-state index is 0.128. The van der Waals surface area contributed by atoms with Crippen molar-refractivity contribution in [2.75, 3.05) is 0 Å². The summed E-state index contributed by atoms with van der Waals surface area (Å²) in [5.41, 5.74) is 2.32. The molecule has 1 aromatic heterocycles. The lowest BCUT2D eigenvalue weighted by atomic mass is 10.1. The summed E-state index contributed by atoms with van der Waals surface area (Å²) in [6.45, 7) is 2.23. The number of thiophene rings is 1. The molecule has 3 heteroatoms. The van der Waals surface area contributed by atoms with E-state index in [9.17, 15) is 0 Å². The second kappa shape index (κ2) is 3.55. The first-order valence-electron chi connectivity index (χ1n) is 3.99. The van der Waals surface area contributed by atoms with Gasteiger partial charge in [-0.1, -0.05) is 0 Å². The van der Waals surface area contributed by atoms with Gasteiger partial charge >= 0.3 is 0 Å². The topological polar surface area (TPSA) is 20.2 Å². The molecule has 68 valence electrons. The van der Waals surface area contributed by atoms with E-state index < -0.39 is 0 Å². The quantitative estimate of drug-likeness (QED) is 0.802. The molecule has 1 heterocycles. The van der Waals surface area contributed by atoms with Crippen molar-refractivity contribution in [2.24, 2.45) is 0 Å². The van der Waals surface area contributed by atoms with Crippen molar-refractivity contribution in [3.8, 4) is 0 Å². The first-order valence-corrected chi connectivity index (χ1v) is 5.95. The van der Waals surface area contributed by atoms with E-state index >= 15 is 0 Å². The lowest BCUT2D eigenvalue weighted by Crippen LogP contribution is -1.87. The summed E-state index contributed by atoms with van der Waals surface area (Å²) in [5, 5.41) is 12.5. The zero-order valence-corrected chi connectivity index (χ0v) is 10.1. The number of halogens is 1. The highest BCUT2D eigenvalue weighted by molar-refractivity contribution is 14.1. The molecule has 0 spiro atoms. The van der Waals surface area contributed by atoms with Gasteiger partial charge in [0.15, 0.2) is 0 Å². The molecule has 0 unspecified atom stereocenters. The summed E-state index contributed by atoms with van der Waals surface area (Å²) in [4.78, 5) is 0. The molecule has 1 aromatic carbocycles. The molecule has 2 rings (SSSR count). The van der Waals surface area contributed by atoms with Crippen LogP contribution >= 0.6 is 33.9 Å². The Morgan fingerprint density at radius 1 is 1.46 bits per heavy atom. The van der Waals surface area contributed by atoms with Gasteiger partial charge < -0.3 is 5.11 Å². The van der Waals surface area contributed by atoms with Gasteiger partial charge in [0, 0.05) is 8.27 Å². The molecule has 1 N–H and O–H groups in total. The molecule has 0 aliphatic carbocycles.